The van der Waals surface area contributed by atoms with Crippen LogP contribution in [0.3, 0.4) is 0 Å². The summed E-state index contributed by atoms with van der Waals surface area (Å²) in [7, 11) is 0. The third-order valence-corrected chi connectivity index (χ3v) is 3.67. The normalized spacial score (nSPS) is 21.2. The van der Waals surface area contributed by atoms with Gasteiger partial charge in [0.05, 0.1) is 11.0 Å². The molecule has 5 nitrogen and oxygen atoms in total. The Kier molecular flexibility index (Phi) is 4.30. The molecule has 22 heavy (non-hydrogen) atoms. The Morgan fingerprint density at radius 2 is 2.09 bits per heavy atom. The maximum Gasteiger partial charge on any atom is 0.387 e. The van der Waals surface area contributed by atoms with E-state index in [1.165, 1.54) is 11.8 Å². The number of rotatable bonds is 4. The van der Waals surface area contributed by atoms with Crippen molar-refractivity contribution in [3.05, 3.63) is 29.6 Å². The molecular weight excluding hydrogens is 303 g/mol. The molecule has 1 aliphatic rings. The highest BCUT2D eigenvalue weighted by atomic mass is 19.3. The van der Waals surface area contributed by atoms with Crippen LogP contribution in [0.25, 0.3) is 0 Å². The van der Waals surface area contributed by atoms with Gasteiger partial charge in [0.25, 0.3) is 5.91 Å². The standard InChI is InChI=1S/C14H14F3NO4/c1-14(12(20)21)4-5-18(7-14)11(19)9-3-2-8(15)6-10(9)22-13(16)17/h2-3,6,13H,4-5,7H2,1H3,(H,20,21). The minimum atomic E-state index is -3.20. The molecule has 0 aliphatic carbocycles. The largest absolute Gasteiger partial charge is 0.481 e. The molecule has 1 aromatic rings. The molecule has 1 aromatic carbocycles. The summed E-state index contributed by atoms with van der Waals surface area (Å²) >= 11 is 0. The number of carbonyl (C=O) groups is 2. The van der Waals surface area contributed by atoms with E-state index in [-0.39, 0.29) is 25.1 Å². The second kappa shape index (κ2) is 5.86. The first-order valence-electron chi connectivity index (χ1n) is 6.50. The monoisotopic (exact) mass is 317 g/mol. The number of carbonyl (C=O) groups excluding carboxylic acids is 1. The van der Waals surface area contributed by atoms with E-state index in [1.807, 2.05) is 0 Å². The SMILES string of the molecule is CC1(C(=O)O)CCN(C(=O)c2ccc(F)cc2OC(F)F)C1. The lowest BCUT2D eigenvalue weighted by Gasteiger charge is -2.21. The summed E-state index contributed by atoms with van der Waals surface area (Å²) in [5.74, 6) is -3.08. The van der Waals surface area contributed by atoms with Gasteiger partial charge in [0.15, 0.2) is 0 Å². The highest BCUT2D eigenvalue weighted by Gasteiger charge is 2.42. The molecule has 1 N–H and O–H groups in total. The number of aliphatic carboxylic acids is 1. The van der Waals surface area contributed by atoms with E-state index < -0.39 is 35.5 Å². The van der Waals surface area contributed by atoms with Crippen LogP contribution in [0.5, 0.6) is 5.75 Å². The molecule has 2 rings (SSSR count). The number of alkyl halides is 2. The van der Waals surface area contributed by atoms with Crippen LogP contribution in [0.2, 0.25) is 0 Å². The van der Waals surface area contributed by atoms with Gasteiger partial charge in [-0.3, -0.25) is 9.59 Å². The van der Waals surface area contributed by atoms with Gasteiger partial charge in [-0.2, -0.15) is 8.78 Å². The minimum absolute atomic E-state index is 0.0489. The third kappa shape index (κ3) is 3.15. The first kappa shape index (κ1) is 16.1. The lowest BCUT2D eigenvalue weighted by Crippen LogP contribution is -2.35. The van der Waals surface area contributed by atoms with E-state index in [0.29, 0.717) is 6.07 Å². The molecule has 1 atom stereocenters. The number of amides is 1. The van der Waals surface area contributed by atoms with Crippen LogP contribution in [-0.2, 0) is 4.79 Å². The van der Waals surface area contributed by atoms with Gasteiger partial charge >= 0.3 is 12.6 Å². The third-order valence-electron chi connectivity index (χ3n) is 3.67. The molecule has 120 valence electrons. The number of nitrogens with zero attached hydrogens (tertiary/aromatic N) is 1. The quantitative estimate of drug-likeness (QED) is 0.926. The van der Waals surface area contributed by atoms with Crippen LogP contribution < -0.4 is 4.74 Å². The van der Waals surface area contributed by atoms with Crippen molar-refractivity contribution in [1.29, 1.82) is 0 Å². The Morgan fingerprint density at radius 3 is 2.64 bits per heavy atom. The fraction of sp³-hybridized carbons (Fsp3) is 0.429. The summed E-state index contributed by atoms with van der Waals surface area (Å²) in [5.41, 5.74) is -1.31. The van der Waals surface area contributed by atoms with Gasteiger partial charge in [0.1, 0.15) is 11.6 Å². The number of likely N-dealkylation sites (tertiary alicyclic amines) is 1. The van der Waals surface area contributed by atoms with Gasteiger partial charge in [-0.15, -0.1) is 0 Å². The molecular formula is C14H14F3NO4. The van der Waals surface area contributed by atoms with E-state index in [9.17, 15) is 22.8 Å². The lowest BCUT2D eigenvalue weighted by molar-refractivity contribution is -0.147. The molecule has 1 unspecified atom stereocenters. The Bertz CT molecular complexity index is 608. The second-order valence-corrected chi connectivity index (χ2v) is 5.36. The smallest absolute Gasteiger partial charge is 0.387 e. The molecule has 1 saturated heterocycles. The highest BCUT2D eigenvalue weighted by molar-refractivity contribution is 5.97. The molecule has 1 heterocycles. The van der Waals surface area contributed by atoms with Crippen LogP contribution in [-0.4, -0.2) is 41.6 Å². The van der Waals surface area contributed by atoms with E-state index in [2.05, 4.69) is 4.74 Å². The second-order valence-electron chi connectivity index (χ2n) is 5.36. The van der Waals surface area contributed by atoms with Crippen molar-refractivity contribution in [2.24, 2.45) is 5.41 Å². The topological polar surface area (TPSA) is 66.8 Å². The number of carboxylic acids is 1. The van der Waals surface area contributed by atoms with Gasteiger partial charge < -0.3 is 14.7 Å². The number of carboxylic acid groups (broad SMARTS) is 1. The van der Waals surface area contributed by atoms with Crippen molar-refractivity contribution >= 4 is 11.9 Å². The Hall–Kier alpha value is -2.25. The summed E-state index contributed by atoms with van der Waals surface area (Å²) < 4.78 is 42.0. The lowest BCUT2D eigenvalue weighted by atomic mass is 9.90. The summed E-state index contributed by atoms with van der Waals surface area (Å²) in [6.45, 7) is -1.57. The molecule has 8 heteroatoms. The van der Waals surface area contributed by atoms with Gasteiger partial charge in [0, 0.05) is 19.2 Å². The van der Waals surface area contributed by atoms with Crippen LogP contribution in [0.4, 0.5) is 13.2 Å². The maximum absolute atomic E-state index is 13.1. The molecule has 0 radical (unpaired) electrons. The first-order valence-corrected chi connectivity index (χ1v) is 6.50. The average Bonchev–Trinajstić information content (AvgIpc) is 2.82. The summed E-state index contributed by atoms with van der Waals surface area (Å²) in [6.07, 6.45) is 0.250. The van der Waals surface area contributed by atoms with Crippen LogP contribution in [0, 0.1) is 11.2 Å². The number of ether oxygens (including phenoxy) is 1. The molecule has 0 bridgehead atoms. The zero-order valence-electron chi connectivity index (χ0n) is 11.7. The maximum atomic E-state index is 13.1. The van der Waals surface area contributed by atoms with Crippen molar-refractivity contribution in [3.8, 4) is 5.75 Å². The van der Waals surface area contributed by atoms with Gasteiger partial charge in [-0.05, 0) is 25.5 Å². The Morgan fingerprint density at radius 1 is 1.41 bits per heavy atom. The van der Waals surface area contributed by atoms with Crippen LogP contribution >= 0.6 is 0 Å². The molecule has 1 aliphatic heterocycles. The first-order chi connectivity index (χ1) is 10.2. The highest BCUT2D eigenvalue weighted by Crippen LogP contribution is 2.32. The predicted octanol–water partition coefficient (Wildman–Crippen LogP) is 2.36. The van der Waals surface area contributed by atoms with Crippen LogP contribution in [0.15, 0.2) is 18.2 Å². The fourth-order valence-electron chi connectivity index (χ4n) is 2.35. The number of hydrogen-bond acceptors (Lipinski definition) is 3. The number of hydrogen-bond donors (Lipinski definition) is 1. The van der Waals surface area contributed by atoms with Crippen molar-refractivity contribution in [2.45, 2.75) is 20.0 Å². The molecule has 0 spiro atoms. The van der Waals surface area contributed by atoms with Crippen LogP contribution in [0.1, 0.15) is 23.7 Å². The minimum Gasteiger partial charge on any atom is -0.481 e. The Balaban J connectivity index is 2.25. The molecule has 1 fully saturated rings. The summed E-state index contributed by atoms with van der Waals surface area (Å²) in [6, 6.07) is 2.70. The van der Waals surface area contributed by atoms with Crippen molar-refractivity contribution < 1.29 is 32.6 Å². The average molecular weight is 317 g/mol. The van der Waals surface area contributed by atoms with Gasteiger partial charge in [-0.25, -0.2) is 4.39 Å². The van der Waals surface area contributed by atoms with Gasteiger partial charge in [0.2, 0.25) is 0 Å². The van der Waals surface area contributed by atoms with Crippen molar-refractivity contribution in [1.82, 2.24) is 4.90 Å². The zero-order chi connectivity index (χ0) is 16.5. The zero-order valence-corrected chi connectivity index (χ0v) is 11.7. The Labute approximate surface area is 124 Å². The number of halogens is 3. The van der Waals surface area contributed by atoms with E-state index in [1.54, 1.807) is 0 Å². The summed E-state index contributed by atoms with van der Waals surface area (Å²) in [5, 5.41) is 9.14. The summed E-state index contributed by atoms with van der Waals surface area (Å²) in [4.78, 5) is 24.8. The van der Waals surface area contributed by atoms with Crippen molar-refractivity contribution in [3.63, 3.8) is 0 Å². The molecule has 0 aromatic heterocycles. The van der Waals surface area contributed by atoms with Gasteiger partial charge in [-0.1, -0.05) is 0 Å². The molecule has 1 amide bonds. The van der Waals surface area contributed by atoms with Crippen molar-refractivity contribution in [2.75, 3.05) is 13.1 Å². The number of benzene rings is 1. The predicted molar refractivity (Wildman–Crippen MR) is 69.3 cm³/mol. The van der Waals surface area contributed by atoms with E-state index in [0.717, 1.165) is 12.1 Å². The molecule has 0 saturated carbocycles. The fourth-order valence-corrected chi connectivity index (χ4v) is 2.35. The van der Waals surface area contributed by atoms with E-state index >= 15 is 0 Å². The van der Waals surface area contributed by atoms with E-state index in [4.69, 9.17) is 5.11 Å².